The third-order valence-electron chi connectivity index (χ3n) is 2.96. The summed E-state index contributed by atoms with van der Waals surface area (Å²) < 4.78 is 28.3. The number of hydrogen-bond donors (Lipinski definition) is 1. The van der Waals surface area contributed by atoms with Crippen LogP contribution in [0.4, 0.5) is 8.78 Å². The zero-order chi connectivity index (χ0) is 14.5. The molecule has 0 aromatic heterocycles. The second-order valence-electron chi connectivity index (χ2n) is 5.04. The highest BCUT2D eigenvalue weighted by atomic mass is 19.3. The number of benzene rings is 1. The molecule has 110 valence electrons. The van der Waals surface area contributed by atoms with Gasteiger partial charge in [-0.1, -0.05) is 12.1 Å². The number of likely N-dealkylation sites (N-methyl/N-ethyl adjacent to an activating group) is 1. The van der Waals surface area contributed by atoms with E-state index in [2.05, 4.69) is 10.1 Å². The molecule has 0 unspecified atom stereocenters. The lowest BCUT2D eigenvalue weighted by molar-refractivity contribution is -0.122. The third kappa shape index (κ3) is 5.13. The fraction of sp³-hybridized carbons (Fsp3) is 0.500. The SMILES string of the molecule is CN(CC(=O)NC1CC1)Cc1ccc(OC(F)F)cc1. The fourth-order valence-corrected chi connectivity index (χ4v) is 1.89. The first-order valence-corrected chi connectivity index (χ1v) is 6.54. The summed E-state index contributed by atoms with van der Waals surface area (Å²) in [7, 11) is 1.84. The molecule has 0 aliphatic heterocycles. The minimum atomic E-state index is -2.81. The second kappa shape index (κ2) is 6.65. The number of nitrogens with zero attached hydrogens (tertiary/aromatic N) is 1. The van der Waals surface area contributed by atoms with Crippen LogP contribution in [0.1, 0.15) is 18.4 Å². The number of carbonyl (C=O) groups is 1. The molecule has 1 amide bonds. The van der Waals surface area contributed by atoms with E-state index in [4.69, 9.17) is 0 Å². The van der Waals surface area contributed by atoms with Crippen LogP contribution < -0.4 is 10.1 Å². The van der Waals surface area contributed by atoms with Crippen molar-refractivity contribution in [2.75, 3.05) is 13.6 Å². The third-order valence-corrected chi connectivity index (χ3v) is 2.96. The average molecular weight is 284 g/mol. The number of hydrogen-bond acceptors (Lipinski definition) is 3. The van der Waals surface area contributed by atoms with Gasteiger partial charge in [-0.05, 0) is 37.6 Å². The maximum Gasteiger partial charge on any atom is 0.387 e. The van der Waals surface area contributed by atoms with Gasteiger partial charge in [0.15, 0.2) is 0 Å². The zero-order valence-electron chi connectivity index (χ0n) is 11.3. The van der Waals surface area contributed by atoms with Crippen molar-refractivity contribution in [3.63, 3.8) is 0 Å². The number of amides is 1. The van der Waals surface area contributed by atoms with E-state index in [0.717, 1.165) is 18.4 Å². The molecular weight excluding hydrogens is 266 g/mol. The Morgan fingerprint density at radius 1 is 1.40 bits per heavy atom. The Kier molecular flexibility index (Phi) is 4.89. The van der Waals surface area contributed by atoms with Crippen LogP contribution in [0.5, 0.6) is 5.75 Å². The van der Waals surface area contributed by atoms with E-state index in [1.807, 2.05) is 11.9 Å². The molecule has 0 bridgehead atoms. The largest absolute Gasteiger partial charge is 0.435 e. The van der Waals surface area contributed by atoms with Crippen LogP contribution in [-0.2, 0) is 11.3 Å². The van der Waals surface area contributed by atoms with Gasteiger partial charge in [-0.3, -0.25) is 9.69 Å². The number of halogens is 2. The predicted octanol–water partition coefficient (Wildman–Crippen LogP) is 2.00. The molecule has 1 aliphatic carbocycles. The molecule has 20 heavy (non-hydrogen) atoms. The van der Waals surface area contributed by atoms with Crippen molar-refractivity contribution in [1.82, 2.24) is 10.2 Å². The Balaban J connectivity index is 1.77. The van der Waals surface area contributed by atoms with Crippen LogP contribution >= 0.6 is 0 Å². The predicted molar refractivity (Wildman–Crippen MR) is 70.6 cm³/mol. The molecule has 0 heterocycles. The topological polar surface area (TPSA) is 41.6 Å². The first-order chi connectivity index (χ1) is 9.52. The zero-order valence-corrected chi connectivity index (χ0v) is 11.3. The molecule has 1 aromatic rings. The Labute approximate surface area is 116 Å². The van der Waals surface area contributed by atoms with Gasteiger partial charge < -0.3 is 10.1 Å². The van der Waals surface area contributed by atoms with E-state index in [0.29, 0.717) is 19.1 Å². The number of alkyl halides is 2. The van der Waals surface area contributed by atoms with E-state index in [1.54, 1.807) is 12.1 Å². The molecule has 1 saturated carbocycles. The van der Waals surface area contributed by atoms with Gasteiger partial charge >= 0.3 is 6.61 Å². The molecule has 1 aliphatic rings. The number of nitrogens with one attached hydrogen (secondary N) is 1. The van der Waals surface area contributed by atoms with Crippen LogP contribution in [0, 0.1) is 0 Å². The van der Waals surface area contributed by atoms with Gasteiger partial charge in [0.05, 0.1) is 6.54 Å². The summed E-state index contributed by atoms with van der Waals surface area (Å²) in [5, 5.41) is 2.92. The summed E-state index contributed by atoms with van der Waals surface area (Å²) in [4.78, 5) is 13.5. The summed E-state index contributed by atoms with van der Waals surface area (Å²) >= 11 is 0. The number of rotatable bonds is 7. The van der Waals surface area contributed by atoms with Crippen molar-refractivity contribution >= 4 is 5.91 Å². The monoisotopic (exact) mass is 284 g/mol. The molecule has 1 aromatic carbocycles. The van der Waals surface area contributed by atoms with Gasteiger partial charge in [0.25, 0.3) is 0 Å². The van der Waals surface area contributed by atoms with E-state index in [-0.39, 0.29) is 11.7 Å². The van der Waals surface area contributed by atoms with Gasteiger partial charge in [-0.2, -0.15) is 8.78 Å². The Hall–Kier alpha value is -1.69. The van der Waals surface area contributed by atoms with Crippen molar-refractivity contribution in [3.05, 3.63) is 29.8 Å². The van der Waals surface area contributed by atoms with Crippen LogP contribution in [0.3, 0.4) is 0 Å². The quantitative estimate of drug-likeness (QED) is 0.832. The van der Waals surface area contributed by atoms with Gasteiger partial charge in [0.2, 0.25) is 5.91 Å². The maximum atomic E-state index is 12.0. The molecule has 0 radical (unpaired) electrons. The molecule has 1 fully saturated rings. The Bertz CT molecular complexity index is 447. The Morgan fingerprint density at radius 2 is 2.05 bits per heavy atom. The summed E-state index contributed by atoms with van der Waals surface area (Å²) in [5.41, 5.74) is 0.938. The lowest BCUT2D eigenvalue weighted by Gasteiger charge is -2.16. The minimum absolute atomic E-state index is 0.0210. The summed E-state index contributed by atoms with van der Waals surface area (Å²) in [6, 6.07) is 6.79. The first-order valence-electron chi connectivity index (χ1n) is 6.54. The molecule has 6 heteroatoms. The van der Waals surface area contributed by atoms with E-state index in [1.165, 1.54) is 12.1 Å². The van der Waals surface area contributed by atoms with Crippen LogP contribution in [-0.4, -0.2) is 37.1 Å². The molecule has 4 nitrogen and oxygen atoms in total. The first kappa shape index (κ1) is 14.7. The maximum absolute atomic E-state index is 12.0. The molecular formula is C14H18F2N2O2. The molecule has 0 spiro atoms. The van der Waals surface area contributed by atoms with E-state index >= 15 is 0 Å². The molecule has 2 rings (SSSR count). The van der Waals surface area contributed by atoms with Crippen LogP contribution in [0.2, 0.25) is 0 Å². The van der Waals surface area contributed by atoms with Gasteiger partial charge in [0.1, 0.15) is 5.75 Å². The summed E-state index contributed by atoms with van der Waals surface area (Å²) in [5.74, 6) is 0.158. The van der Waals surface area contributed by atoms with Crippen molar-refractivity contribution in [3.8, 4) is 5.75 Å². The normalized spacial score (nSPS) is 14.7. The van der Waals surface area contributed by atoms with Crippen molar-refractivity contribution in [2.24, 2.45) is 0 Å². The van der Waals surface area contributed by atoms with Crippen LogP contribution in [0.15, 0.2) is 24.3 Å². The minimum Gasteiger partial charge on any atom is -0.435 e. The number of ether oxygens (including phenoxy) is 1. The van der Waals surface area contributed by atoms with Crippen molar-refractivity contribution in [1.29, 1.82) is 0 Å². The van der Waals surface area contributed by atoms with Crippen molar-refractivity contribution < 1.29 is 18.3 Å². The lowest BCUT2D eigenvalue weighted by Crippen LogP contribution is -2.35. The molecule has 0 atom stereocenters. The standard InChI is InChI=1S/C14H18F2N2O2/c1-18(9-13(19)17-11-4-5-11)8-10-2-6-12(7-3-10)20-14(15)16/h2-3,6-7,11,14H,4-5,8-9H2,1H3,(H,17,19). The summed E-state index contributed by atoms with van der Waals surface area (Å²) in [6.07, 6.45) is 2.14. The molecule has 1 N–H and O–H groups in total. The highest BCUT2D eigenvalue weighted by molar-refractivity contribution is 5.78. The van der Waals surface area contributed by atoms with E-state index in [9.17, 15) is 13.6 Å². The van der Waals surface area contributed by atoms with E-state index < -0.39 is 6.61 Å². The van der Waals surface area contributed by atoms with Crippen molar-refractivity contribution in [2.45, 2.75) is 32.0 Å². The second-order valence-corrected chi connectivity index (χ2v) is 5.04. The highest BCUT2D eigenvalue weighted by Crippen LogP contribution is 2.18. The summed E-state index contributed by atoms with van der Waals surface area (Å²) in [6.45, 7) is -1.91. The average Bonchev–Trinajstić information content (AvgIpc) is 3.14. The van der Waals surface area contributed by atoms with Gasteiger partial charge in [-0.15, -0.1) is 0 Å². The molecule has 0 saturated heterocycles. The van der Waals surface area contributed by atoms with Gasteiger partial charge in [0, 0.05) is 12.6 Å². The highest BCUT2D eigenvalue weighted by Gasteiger charge is 2.23. The number of carbonyl (C=O) groups excluding carboxylic acids is 1. The lowest BCUT2D eigenvalue weighted by atomic mass is 10.2. The van der Waals surface area contributed by atoms with Gasteiger partial charge in [-0.25, -0.2) is 0 Å². The smallest absolute Gasteiger partial charge is 0.387 e. The van der Waals surface area contributed by atoms with Crippen LogP contribution in [0.25, 0.3) is 0 Å². The fourth-order valence-electron chi connectivity index (χ4n) is 1.89. The Morgan fingerprint density at radius 3 is 2.60 bits per heavy atom.